The van der Waals surface area contributed by atoms with E-state index in [1.807, 2.05) is 0 Å². The SMILES string of the molecule is [2H]C([2H])([2H])Oc1cc(-c2cc(NS(=O)(=O)CC)ccc2Oc2ccc(F)cc2F)cc(C)[n+]1[O-]. The lowest BCUT2D eigenvalue weighted by molar-refractivity contribution is -0.618. The first-order chi connectivity index (χ1) is 15.8. The Balaban J connectivity index is 2.17. The first kappa shape index (κ1) is 18.4. The average molecular weight is 453 g/mol. The Hall–Kier alpha value is -3.40. The molecular weight excluding hydrogens is 430 g/mol. The van der Waals surface area contributed by atoms with Gasteiger partial charge < -0.3 is 14.7 Å². The van der Waals surface area contributed by atoms with Crippen LogP contribution in [0.4, 0.5) is 14.5 Å². The molecule has 0 saturated heterocycles. The molecule has 0 amide bonds. The summed E-state index contributed by atoms with van der Waals surface area (Å²) in [5.74, 6) is -2.80. The molecular formula is C21H20F2N2O5S. The lowest BCUT2D eigenvalue weighted by Crippen LogP contribution is -2.31. The summed E-state index contributed by atoms with van der Waals surface area (Å²) in [7, 11) is -6.56. The molecule has 1 heterocycles. The van der Waals surface area contributed by atoms with E-state index in [0.29, 0.717) is 6.07 Å². The maximum absolute atomic E-state index is 14.2. The summed E-state index contributed by atoms with van der Waals surface area (Å²) in [6.45, 7) is 2.86. The van der Waals surface area contributed by atoms with Crippen LogP contribution in [0.2, 0.25) is 0 Å². The van der Waals surface area contributed by atoms with E-state index < -0.39 is 34.6 Å². The van der Waals surface area contributed by atoms with Crippen LogP contribution < -0.4 is 18.9 Å². The third-order valence-corrected chi connectivity index (χ3v) is 5.63. The normalized spacial score (nSPS) is 13.1. The lowest BCUT2D eigenvalue weighted by Gasteiger charge is -2.15. The number of anilines is 1. The number of hydrogen-bond donors (Lipinski definition) is 1. The zero-order chi connectivity index (χ0) is 25.3. The van der Waals surface area contributed by atoms with Gasteiger partial charge >= 0.3 is 5.88 Å². The highest BCUT2D eigenvalue weighted by Gasteiger charge is 2.18. The van der Waals surface area contributed by atoms with Gasteiger partial charge in [-0.05, 0) is 37.3 Å². The second kappa shape index (κ2) is 8.76. The molecule has 7 nitrogen and oxygen atoms in total. The van der Waals surface area contributed by atoms with Crippen molar-refractivity contribution in [1.82, 2.24) is 0 Å². The van der Waals surface area contributed by atoms with Crippen LogP contribution in [0.5, 0.6) is 17.4 Å². The summed E-state index contributed by atoms with van der Waals surface area (Å²) >= 11 is 0. The van der Waals surface area contributed by atoms with Crippen molar-refractivity contribution in [3.63, 3.8) is 0 Å². The van der Waals surface area contributed by atoms with Crippen LogP contribution >= 0.6 is 0 Å². The van der Waals surface area contributed by atoms with Crippen LogP contribution in [-0.4, -0.2) is 21.2 Å². The fourth-order valence-electron chi connectivity index (χ4n) is 2.75. The predicted molar refractivity (Wildman–Crippen MR) is 112 cm³/mol. The third-order valence-electron chi connectivity index (χ3n) is 4.33. The van der Waals surface area contributed by atoms with Crippen LogP contribution in [-0.2, 0) is 10.0 Å². The van der Waals surface area contributed by atoms with Gasteiger partial charge in [-0.2, -0.15) is 0 Å². The van der Waals surface area contributed by atoms with Gasteiger partial charge in [0, 0.05) is 35.9 Å². The number of methoxy groups -OCH3 is 1. The highest BCUT2D eigenvalue weighted by Crippen LogP contribution is 2.37. The summed E-state index contributed by atoms with van der Waals surface area (Å²) < 4.78 is 86.4. The molecule has 1 N–H and O–H groups in total. The Morgan fingerprint density at radius 1 is 1.13 bits per heavy atom. The molecule has 10 heteroatoms. The Morgan fingerprint density at radius 3 is 2.55 bits per heavy atom. The number of ether oxygens (including phenoxy) is 2. The molecule has 0 unspecified atom stereocenters. The summed E-state index contributed by atoms with van der Waals surface area (Å²) in [5.41, 5.74) is 0.604. The largest absolute Gasteiger partial charge is 0.616 e. The number of benzene rings is 2. The van der Waals surface area contributed by atoms with Crippen molar-refractivity contribution < 1.29 is 35.5 Å². The van der Waals surface area contributed by atoms with Crippen molar-refractivity contribution in [1.29, 1.82) is 0 Å². The molecule has 0 aliphatic carbocycles. The molecule has 0 bridgehead atoms. The lowest BCUT2D eigenvalue weighted by atomic mass is 10.0. The number of rotatable bonds is 7. The van der Waals surface area contributed by atoms with Crippen molar-refractivity contribution in [2.75, 3.05) is 17.5 Å². The number of sulfonamides is 1. The van der Waals surface area contributed by atoms with Gasteiger partial charge in [-0.15, -0.1) is 4.73 Å². The predicted octanol–water partition coefficient (Wildman–Crippen LogP) is 4.14. The molecule has 3 aromatic rings. The molecule has 0 radical (unpaired) electrons. The monoisotopic (exact) mass is 453 g/mol. The molecule has 2 aromatic carbocycles. The van der Waals surface area contributed by atoms with Gasteiger partial charge in [0.1, 0.15) is 11.6 Å². The number of pyridine rings is 1. The van der Waals surface area contributed by atoms with E-state index in [4.69, 9.17) is 13.6 Å². The number of hydrogen-bond acceptors (Lipinski definition) is 5. The van der Waals surface area contributed by atoms with Crippen molar-refractivity contribution in [3.05, 3.63) is 71.1 Å². The topological polar surface area (TPSA) is 91.6 Å². The standard InChI is InChI=1S/C21H20F2N2O5S/c1-4-31(27,28)24-16-6-8-19(30-20-7-5-15(22)11-18(20)23)17(12-16)14-9-13(2)25(26)21(10-14)29-3/h5-12,24H,4H2,1-3H3/i3D3. The fourth-order valence-corrected chi connectivity index (χ4v) is 3.38. The number of aryl methyl sites for hydroxylation is 1. The summed E-state index contributed by atoms with van der Waals surface area (Å²) in [5, 5.41) is 12.3. The quantitative estimate of drug-likeness (QED) is 0.429. The van der Waals surface area contributed by atoms with Crippen molar-refractivity contribution >= 4 is 15.7 Å². The van der Waals surface area contributed by atoms with Gasteiger partial charge in [-0.3, -0.25) is 4.72 Å². The smallest absolute Gasteiger partial charge is 0.379 e. The van der Waals surface area contributed by atoms with Gasteiger partial charge in [0.05, 0.1) is 23.0 Å². The Kier molecular flexibility index (Phi) is 5.19. The molecule has 0 fully saturated rings. The molecule has 1 aromatic heterocycles. The summed E-state index contributed by atoms with van der Waals surface area (Å²) in [6, 6.07) is 9.32. The number of aromatic nitrogens is 1. The van der Waals surface area contributed by atoms with Crippen LogP contribution in [0.3, 0.4) is 0 Å². The van der Waals surface area contributed by atoms with E-state index in [2.05, 4.69) is 4.72 Å². The van der Waals surface area contributed by atoms with Crippen molar-refractivity contribution in [2.45, 2.75) is 13.8 Å². The van der Waals surface area contributed by atoms with Gasteiger partial charge in [-0.25, -0.2) is 17.2 Å². The van der Waals surface area contributed by atoms with Gasteiger partial charge in [0.25, 0.3) is 0 Å². The Morgan fingerprint density at radius 2 is 1.87 bits per heavy atom. The van der Waals surface area contributed by atoms with Crippen LogP contribution in [0.15, 0.2) is 48.5 Å². The van der Waals surface area contributed by atoms with E-state index in [-0.39, 0.29) is 44.5 Å². The van der Waals surface area contributed by atoms with Gasteiger partial charge in [-0.1, -0.05) is 0 Å². The first-order valence-corrected chi connectivity index (χ1v) is 10.6. The molecule has 3 rings (SSSR count). The molecule has 0 saturated carbocycles. The molecule has 0 aliphatic heterocycles. The van der Waals surface area contributed by atoms with E-state index in [0.717, 1.165) is 18.2 Å². The second-order valence-corrected chi connectivity index (χ2v) is 8.52. The Bertz CT molecular complexity index is 1330. The minimum Gasteiger partial charge on any atom is -0.616 e. The van der Waals surface area contributed by atoms with E-state index in [1.54, 1.807) is 0 Å². The van der Waals surface area contributed by atoms with E-state index in [1.165, 1.54) is 38.1 Å². The first-order valence-electron chi connectivity index (χ1n) is 10.5. The number of nitrogens with one attached hydrogen (secondary N) is 1. The van der Waals surface area contributed by atoms with Gasteiger partial charge in [0.15, 0.2) is 17.3 Å². The summed E-state index contributed by atoms with van der Waals surface area (Å²) in [4.78, 5) is 0. The summed E-state index contributed by atoms with van der Waals surface area (Å²) in [6.07, 6.45) is 0. The van der Waals surface area contributed by atoms with Gasteiger partial charge in [0.2, 0.25) is 10.0 Å². The van der Waals surface area contributed by atoms with Crippen molar-refractivity contribution in [3.8, 4) is 28.5 Å². The number of halogens is 2. The molecule has 0 aliphatic rings. The minimum atomic E-state index is -3.65. The fraction of sp³-hybridized carbons (Fsp3) is 0.190. The maximum atomic E-state index is 14.2. The minimum absolute atomic E-state index is 0.0211. The highest BCUT2D eigenvalue weighted by molar-refractivity contribution is 7.92. The van der Waals surface area contributed by atoms with Crippen LogP contribution in [0, 0.1) is 23.8 Å². The number of nitrogens with zero attached hydrogens (tertiary/aromatic N) is 1. The zero-order valence-corrected chi connectivity index (χ0v) is 17.3. The zero-order valence-electron chi connectivity index (χ0n) is 19.5. The van der Waals surface area contributed by atoms with E-state index in [9.17, 15) is 22.4 Å². The molecule has 0 spiro atoms. The highest BCUT2D eigenvalue weighted by atomic mass is 32.2. The molecule has 164 valence electrons. The maximum Gasteiger partial charge on any atom is 0.379 e. The average Bonchev–Trinajstić information content (AvgIpc) is 2.73. The van der Waals surface area contributed by atoms with E-state index >= 15 is 0 Å². The third kappa shape index (κ3) is 5.02. The Labute approximate surface area is 182 Å². The molecule has 31 heavy (non-hydrogen) atoms. The van der Waals surface area contributed by atoms with Crippen LogP contribution in [0.25, 0.3) is 11.1 Å². The second-order valence-electron chi connectivity index (χ2n) is 6.51. The molecule has 0 atom stereocenters. The van der Waals surface area contributed by atoms with Crippen LogP contribution in [0.1, 0.15) is 16.7 Å². The van der Waals surface area contributed by atoms with Crippen molar-refractivity contribution in [2.24, 2.45) is 0 Å².